The standard InChI is InChI=1S/HNO3.H2O.Sr.2H/c2-1(3)4;;;;/h(H,2,3,4);1H2;;;. The van der Waals surface area contributed by atoms with Crippen molar-refractivity contribution in [2.75, 3.05) is 0 Å². The van der Waals surface area contributed by atoms with Gasteiger partial charge in [0.2, 0.25) is 0 Å². The van der Waals surface area contributed by atoms with Crippen LogP contribution in [0.1, 0.15) is 0 Å². The summed E-state index contributed by atoms with van der Waals surface area (Å²) < 4.78 is 0. The van der Waals surface area contributed by atoms with Gasteiger partial charge in [0.1, 0.15) is 0 Å². The quantitative estimate of drug-likeness (QED) is 0.257. The van der Waals surface area contributed by atoms with Gasteiger partial charge in [-0.25, -0.2) is 0 Å². The van der Waals surface area contributed by atoms with E-state index in [4.69, 9.17) is 15.3 Å². The Morgan fingerprint density at radius 1 is 1.67 bits per heavy atom. The maximum atomic E-state index is 8.36. The SMILES string of the molecule is O.O=[N+]([O-])O.[SrH2]. The summed E-state index contributed by atoms with van der Waals surface area (Å²) >= 11 is 0. The van der Waals surface area contributed by atoms with Crippen LogP contribution < -0.4 is 0 Å². The summed E-state index contributed by atoms with van der Waals surface area (Å²) in [4.78, 5) is 8.36. The van der Waals surface area contributed by atoms with E-state index in [0.717, 1.165) is 0 Å². The van der Waals surface area contributed by atoms with Crippen LogP contribution in [0.25, 0.3) is 0 Å². The normalized spacial score (nSPS) is 4.00. The molecule has 0 aliphatic heterocycles. The molecule has 0 aromatic heterocycles. The first-order chi connectivity index (χ1) is 1.73. The zero-order valence-corrected chi connectivity index (χ0v) is 2.21. The number of hydrogen-bond acceptors (Lipinski definition) is 2. The predicted octanol–water partition coefficient (Wildman–Crippen LogP) is -2.09. The van der Waals surface area contributed by atoms with Crippen LogP contribution in [0, 0.1) is 10.1 Å². The maximum absolute atomic E-state index is 8.36. The summed E-state index contributed by atoms with van der Waals surface area (Å²) in [5, 5.41) is 13.6. The summed E-state index contributed by atoms with van der Waals surface area (Å²) in [6.07, 6.45) is 0. The summed E-state index contributed by atoms with van der Waals surface area (Å²) in [6, 6.07) is 0. The molecule has 5 nitrogen and oxygen atoms in total. The minimum atomic E-state index is -1.50. The molecule has 6 heteroatoms. The van der Waals surface area contributed by atoms with E-state index >= 15 is 0 Å². The summed E-state index contributed by atoms with van der Waals surface area (Å²) in [6.45, 7) is 0. The molecule has 0 aliphatic carbocycles. The number of nitrogens with zero attached hydrogens (tertiary/aromatic N) is 1. The molecule has 0 rings (SSSR count). The molecule has 0 spiro atoms. The van der Waals surface area contributed by atoms with Crippen LogP contribution in [-0.2, 0) is 0 Å². The summed E-state index contributed by atoms with van der Waals surface area (Å²) in [7, 11) is 0. The fourth-order valence-electron chi connectivity index (χ4n) is 0. The third-order valence-electron chi connectivity index (χ3n) is 0. The van der Waals surface area contributed by atoms with Crippen molar-refractivity contribution in [3.63, 3.8) is 0 Å². The molecule has 0 bridgehead atoms. The molecule has 0 heterocycles. The van der Waals surface area contributed by atoms with Crippen molar-refractivity contribution < 1.29 is 15.8 Å². The van der Waals surface area contributed by atoms with E-state index < -0.39 is 5.09 Å². The Morgan fingerprint density at radius 2 is 1.67 bits per heavy atom. The first-order valence-electron chi connectivity index (χ1n) is 0.565. The molecule has 0 atom stereocenters. The fraction of sp³-hybridized carbons (Fsp3) is 0. The van der Waals surface area contributed by atoms with E-state index in [2.05, 4.69) is 0 Å². The van der Waals surface area contributed by atoms with Gasteiger partial charge in [-0.3, -0.25) is 0 Å². The van der Waals surface area contributed by atoms with Crippen LogP contribution in [0.4, 0.5) is 0 Å². The first kappa shape index (κ1) is 15.9. The zero-order chi connectivity index (χ0) is 3.58. The molecule has 0 aromatic carbocycles. The van der Waals surface area contributed by atoms with Gasteiger partial charge >= 0.3 is 45.5 Å². The predicted molar refractivity (Wildman–Crippen MR) is 20.9 cm³/mol. The van der Waals surface area contributed by atoms with Crippen molar-refractivity contribution in [2.24, 2.45) is 0 Å². The van der Waals surface area contributed by atoms with Crippen molar-refractivity contribution in [3.05, 3.63) is 10.1 Å². The van der Waals surface area contributed by atoms with E-state index in [1.54, 1.807) is 0 Å². The van der Waals surface area contributed by atoms with E-state index in [1.165, 1.54) is 0 Å². The minimum absolute atomic E-state index is 0. The second-order valence-corrected chi connectivity index (χ2v) is 0.238. The van der Waals surface area contributed by atoms with Crippen molar-refractivity contribution in [1.29, 1.82) is 0 Å². The molecular weight excluding hydrogens is 166 g/mol. The van der Waals surface area contributed by atoms with Crippen molar-refractivity contribution in [3.8, 4) is 0 Å². The average Bonchev–Trinajstić information content (AvgIpc) is 0.811. The van der Waals surface area contributed by atoms with Crippen LogP contribution in [0.15, 0.2) is 0 Å². The molecule has 0 saturated carbocycles. The molecule has 0 amide bonds. The second kappa shape index (κ2) is 9.16. The molecule has 0 aliphatic rings. The van der Waals surface area contributed by atoms with Gasteiger partial charge in [-0.1, -0.05) is 0 Å². The Morgan fingerprint density at radius 3 is 1.67 bits per heavy atom. The summed E-state index contributed by atoms with van der Waals surface area (Å²) in [5.74, 6) is 0. The molecule has 0 unspecified atom stereocenters. The van der Waals surface area contributed by atoms with Crippen LogP contribution in [0.3, 0.4) is 0 Å². The van der Waals surface area contributed by atoms with Gasteiger partial charge in [-0.2, -0.15) is 0 Å². The third-order valence-corrected chi connectivity index (χ3v) is 0. The van der Waals surface area contributed by atoms with Crippen LogP contribution >= 0.6 is 0 Å². The Kier molecular flexibility index (Phi) is 24.3. The molecule has 36 valence electrons. The van der Waals surface area contributed by atoms with Gasteiger partial charge in [0.15, 0.2) is 0 Å². The monoisotopic (exact) mass is 171 g/mol. The molecular formula is H5NO4Sr. The molecule has 0 radical (unpaired) electrons. The van der Waals surface area contributed by atoms with Crippen molar-refractivity contribution in [2.45, 2.75) is 0 Å². The van der Waals surface area contributed by atoms with Crippen molar-refractivity contribution in [1.82, 2.24) is 0 Å². The van der Waals surface area contributed by atoms with E-state index in [1.807, 2.05) is 0 Å². The second-order valence-electron chi connectivity index (χ2n) is 0.238. The van der Waals surface area contributed by atoms with E-state index in [9.17, 15) is 0 Å². The molecule has 0 fully saturated rings. The fourth-order valence-corrected chi connectivity index (χ4v) is 0. The van der Waals surface area contributed by atoms with Crippen LogP contribution in [-0.4, -0.2) is 61.3 Å². The molecule has 0 aromatic rings. The number of rotatable bonds is 0. The van der Waals surface area contributed by atoms with Gasteiger partial charge in [-0.15, -0.1) is 10.1 Å². The molecule has 6 heavy (non-hydrogen) atoms. The summed E-state index contributed by atoms with van der Waals surface area (Å²) in [5.41, 5.74) is 0. The van der Waals surface area contributed by atoms with Gasteiger partial charge < -0.3 is 10.7 Å². The van der Waals surface area contributed by atoms with E-state index in [-0.39, 0.29) is 51.0 Å². The number of hydrogen-bond donors (Lipinski definition) is 1. The molecule has 3 N–H and O–H groups in total. The average molecular weight is 171 g/mol. The molecule has 0 saturated heterocycles. The van der Waals surface area contributed by atoms with Gasteiger partial charge in [0.25, 0.3) is 5.09 Å². The Hall–Kier alpha value is 0.641. The Labute approximate surface area is 70.6 Å². The Bertz CT molecular complexity index is 30.5. The third kappa shape index (κ3) is 150. The Balaban J connectivity index is -0.0000000450. The topological polar surface area (TPSA) is 94.9 Å². The van der Waals surface area contributed by atoms with Crippen LogP contribution in [0.2, 0.25) is 0 Å². The van der Waals surface area contributed by atoms with Gasteiger partial charge in [0, 0.05) is 0 Å². The van der Waals surface area contributed by atoms with Gasteiger partial charge in [0.05, 0.1) is 0 Å². The first-order valence-corrected chi connectivity index (χ1v) is 0.565. The van der Waals surface area contributed by atoms with Crippen molar-refractivity contribution >= 4 is 45.5 Å². The van der Waals surface area contributed by atoms with E-state index in [0.29, 0.717) is 0 Å². The van der Waals surface area contributed by atoms with Gasteiger partial charge in [-0.05, 0) is 0 Å². The van der Waals surface area contributed by atoms with Crippen LogP contribution in [0.5, 0.6) is 0 Å². The zero-order valence-electron chi connectivity index (χ0n) is 2.21.